The number of imide groups is 1. The van der Waals surface area contributed by atoms with Crippen molar-refractivity contribution in [2.45, 2.75) is 12.8 Å². The summed E-state index contributed by atoms with van der Waals surface area (Å²) >= 11 is 0. The first kappa shape index (κ1) is 20.1. The van der Waals surface area contributed by atoms with Crippen LogP contribution in [0, 0.1) is 11.8 Å². The minimum absolute atomic E-state index is 0.0915. The third-order valence-electron chi connectivity index (χ3n) is 6.15. The van der Waals surface area contributed by atoms with Gasteiger partial charge in [-0.25, -0.2) is 0 Å². The van der Waals surface area contributed by atoms with Gasteiger partial charge in [-0.05, 0) is 37.1 Å². The van der Waals surface area contributed by atoms with Crippen molar-refractivity contribution < 1.29 is 23.9 Å². The smallest absolute Gasteiger partial charge is 0.253 e. The quantitative estimate of drug-likeness (QED) is 0.543. The van der Waals surface area contributed by atoms with Gasteiger partial charge in [-0.2, -0.15) is 0 Å². The molecule has 0 saturated carbocycles. The number of amides is 4. The summed E-state index contributed by atoms with van der Waals surface area (Å²) in [5.41, 5.74) is 0.569. The maximum absolute atomic E-state index is 12.7. The van der Waals surface area contributed by atoms with Crippen LogP contribution in [-0.4, -0.2) is 78.2 Å². The van der Waals surface area contributed by atoms with Crippen LogP contribution in [0.3, 0.4) is 0 Å². The third kappa shape index (κ3) is 3.69. The van der Waals surface area contributed by atoms with Crippen molar-refractivity contribution in [3.05, 3.63) is 42.0 Å². The monoisotopic (exact) mass is 411 g/mol. The molecule has 1 aromatic rings. The Bertz CT molecular complexity index is 861. The Morgan fingerprint density at radius 2 is 1.43 bits per heavy atom. The zero-order valence-electron chi connectivity index (χ0n) is 17.0. The van der Waals surface area contributed by atoms with Gasteiger partial charge in [0.15, 0.2) is 0 Å². The second kappa shape index (κ2) is 8.30. The van der Waals surface area contributed by atoms with Crippen LogP contribution in [0.15, 0.2) is 36.4 Å². The summed E-state index contributed by atoms with van der Waals surface area (Å²) in [6, 6.07) is 6.92. The Labute approximate surface area is 175 Å². The Morgan fingerprint density at radius 1 is 0.900 bits per heavy atom. The highest BCUT2D eigenvalue weighted by Gasteiger charge is 2.48. The lowest BCUT2D eigenvalue weighted by Crippen LogP contribution is -2.53. The Kier molecular flexibility index (Phi) is 5.57. The Morgan fingerprint density at radius 3 is 1.97 bits per heavy atom. The number of methoxy groups -OCH3 is 1. The molecule has 8 heteroatoms. The molecule has 2 aliphatic heterocycles. The van der Waals surface area contributed by atoms with Crippen LogP contribution >= 0.6 is 0 Å². The van der Waals surface area contributed by atoms with Crippen LogP contribution in [0.4, 0.5) is 0 Å². The van der Waals surface area contributed by atoms with Crippen molar-refractivity contribution in [2.75, 3.05) is 39.8 Å². The van der Waals surface area contributed by atoms with Gasteiger partial charge in [0.25, 0.3) is 5.91 Å². The number of nitrogens with zero attached hydrogens (tertiary/aromatic N) is 3. The van der Waals surface area contributed by atoms with E-state index >= 15 is 0 Å². The van der Waals surface area contributed by atoms with Crippen LogP contribution in [-0.2, 0) is 14.4 Å². The molecule has 0 bridgehead atoms. The number of rotatable bonds is 4. The summed E-state index contributed by atoms with van der Waals surface area (Å²) in [5, 5.41) is 0. The molecule has 0 aromatic heterocycles. The highest BCUT2D eigenvalue weighted by atomic mass is 16.5. The van der Waals surface area contributed by atoms with Crippen molar-refractivity contribution in [1.82, 2.24) is 14.7 Å². The topological polar surface area (TPSA) is 87.2 Å². The lowest BCUT2D eigenvalue weighted by Gasteiger charge is -2.35. The predicted molar refractivity (Wildman–Crippen MR) is 108 cm³/mol. The molecule has 0 N–H and O–H groups in total. The molecular weight excluding hydrogens is 386 g/mol. The maximum atomic E-state index is 12.7. The van der Waals surface area contributed by atoms with Crippen LogP contribution in [0.5, 0.6) is 5.75 Å². The molecule has 3 aliphatic rings. The number of likely N-dealkylation sites (tertiary alicyclic amines) is 1. The Balaban J connectivity index is 1.31. The predicted octanol–water partition coefficient (Wildman–Crippen LogP) is 0.931. The number of benzene rings is 1. The molecule has 2 heterocycles. The molecular formula is C22H25N3O5. The summed E-state index contributed by atoms with van der Waals surface area (Å²) in [4.78, 5) is 54.9. The molecule has 2 fully saturated rings. The third-order valence-corrected chi connectivity index (χ3v) is 6.15. The van der Waals surface area contributed by atoms with E-state index in [1.807, 2.05) is 12.2 Å². The first-order valence-corrected chi connectivity index (χ1v) is 10.2. The SMILES string of the molecule is COc1ccc(C(=O)N2CCN(C(=O)CN3C(=O)C4CC=CCC4C3=O)CC2)cc1. The fourth-order valence-corrected chi connectivity index (χ4v) is 4.34. The number of piperazine rings is 1. The normalized spacial score (nSPS) is 23.6. The fourth-order valence-electron chi connectivity index (χ4n) is 4.34. The lowest BCUT2D eigenvalue weighted by atomic mass is 9.85. The van der Waals surface area contributed by atoms with Gasteiger partial charge in [0.2, 0.25) is 17.7 Å². The average Bonchev–Trinajstić information content (AvgIpc) is 3.04. The number of hydrogen-bond acceptors (Lipinski definition) is 5. The molecule has 1 aromatic carbocycles. The second-order valence-electron chi connectivity index (χ2n) is 7.82. The number of ether oxygens (including phenoxy) is 1. The lowest BCUT2D eigenvalue weighted by molar-refractivity contribution is -0.147. The zero-order valence-corrected chi connectivity index (χ0v) is 17.0. The summed E-state index contributed by atoms with van der Waals surface area (Å²) < 4.78 is 5.11. The van der Waals surface area contributed by atoms with Crippen LogP contribution in [0.25, 0.3) is 0 Å². The molecule has 0 spiro atoms. The van der Waals surface area contributed by atoms with Gasteiger partial charge in [-0.3, -0.25) is 24.1 Å². The zero-order chi connectivity index (χ0) is 21.3. The molecule has 1 aliphatic carbocycles. The van der Waals surface area contributed by atoms with E-state index < -0.39 is 0 Å². The minimum atomic E-state index is -0.325. The van der Waals surface area contributed by atoms with Crippen LogP contribution in [0.1, 0.15) is 23.2 Å². The van der Waals surface area contributed by atoms with Crippen LogP contribution < -0.4 is 4.74 Å². The van der Waals surface area contributed by atoms with Crippen molar-refractivity contribution in [3.8, 4) is 5.75 Å². The molecule has 2 saturated heterocycles. The van der Waals surface area contributed by atoms with E-state index in [1.54, 1.807) is 41.2 Å². The van der Waals surface area contributed by atoms with Gasteiger partial charge >= 0.3 is 0 Å². The largest absolute Gasteiger partial charge is 0.497 e. The summed E-state index contributed by atoms with van der Waals surface area (Å²) in [6.45, 7) is 1.37. The summed E-state index contributed by atoms with van der Waals surface area (Å²) in [5.74, 6) is -0.787. The molecule has 30 heavy (non-hydrogen) atoms. The molecule has 8 nitrogen and oxygen atoms in total. The number of hydrogen-bond donors (Lipinski definition) is 0. The summed E-state index contributed by atoms with van der Waals surface area (Å²) in [7, 11) is 1.57. The van der Waals surface area contributed by atoms with Crippen molar-refractivity contribution in [1.29, 1.82) is 0 Å². The van der Waals surface area contributed by atoms with Gasteiger partial charge in [0.1, 0.15) is 12.3 Å². The molecule has 2 unspecified atom stereocenters. The number of fused-ring (bicyclic) bond motifs is 1. The number of carbonyl (C=O) groups excluding carboxylic acids is 4. The van der Waals surface area contributed by atoms with E-state index in [4.69, 9.17) is 4.74 Å². The van der Waals surface area contributed by atoms with E-state index in [9.17, 15) is 19.2 Å². The van der Waals surface area contributed by atoms with E-state index in [-0.39, 0.29) is 42.0 Å². The molecule has 0 radical (unpaired) electrons. The molecule has 4 amide bonds. The van der Waals surface area contributed by atoms with Gasteiger partial charge in [0.05, 0.1) is 18.9 Å². The number of carbonyl (C=O) groups is 4. The maximum Gasteiger partial charge on any atom is 0.253 e. The molecule has 158 valence electrons. The Hall–Kier alpha value is -3.16. The van der Waals surface area contributed by atoms with E-state index in [0.717, 1.165) is 4.90 Å². The molecule has 2 atom stereocenters. The van der Waals surface area contributed by atoms with E-state index in [0.29, 0.717) is 50.3 Å². The van der Waals surface area contributed by atoms with Gasteiger partial charge in [0, 0.05) is 31.7 Å². The van der Waals surface area contributed by atoms with Gasteiger partial charge in [-0.1, -0.05) is 12.2 Å². The van der Waals surface area contributed by atoms with Gasteiger partial charge < -0.3 is 14.5 Å². The average molecular weight is 411 g/mol. The van der Waals surface area contributed by atoms with Crippen molar-refractivity contribution >= 4 is 23.6 Å². The highest BCUT2D eigenvalue weighted by Crippen LogP contribution is 2.34. The second-order valence-corrected chi connectivity index (χ2v) is 7.82. The van der Waals surface area contributed by atoms with E-state index in [1.165, 1.54) is 0 Å². The van der Waals surface area contributed by atoms with Crippen molar-refractivity contribution in [3.63, 3.8) is 0 Å². The van der Waals surface area contributed by atoms with E-state index in [2.05, 4.69) is 0 Å². The van der Waals surface area contributed by atoms with Crippen LogP contribution in [0.2, 0.25) is 0 Å². The minimum Gasteiger partial charge on any atom is -0.497 e. The first-order chi connectivity index (χ1) is 14.5. The standard InChI is InChI=1S/C22H25N3O5/c1-30-16-8-6-15(7-9-16)20(27)24-12-10-23(11-13-24)19(26)14-25-21(28)17-4-2-3-5-18(17)22(25)29/h2-3,6-9,17-18H,4-5,10-14H2,1H3. The first-order valence-electron chi connectivity index (χ1n) is 10.2. The van der Waals surface area contributed by atoms with Gasteiger partial charge in [-0.15, -0.1) is 0 Å². The summed E-state index contributed by atoms with van der Waals surface area (Å²) in [6.07, 6.45) is 4.98. The molecule has 4 rings (SSSR count). The number of allylic oxidation sites excluding steroid dienone is 2. The highest BCUT2D eigenvalue weighted by molar-refractivity contribution is 6.07. The fraction of sp³-hybridized carbons (Fsp3) is 0.455. The van der Waals surface area contributed by atoms with Crippen molar-refractivity contribution in [2.24, 2.45) is 11.8 Å².